The highest BCUT2D eigenvalue weighted by molar-refractivity contribution is 4.71. The Balaban J connectivity index is 2.34. The van der Waals surface area contributed by atoms with Gasteiger partial charge in [0.25, 0.3) is 0 Å². The molecule has 0 aromatic rings. The molecular formula is C7H13NO. The van der Waals surface area contributed by atoms with Crippen molar-refractivity contribution in [3.63, 3.8) is 0 Å². The molecule has 1 aliphatic rings. The monoisotopic (exact) mass is 127 g/mol. The highest BCUT2D eigenvalue weighted by Crippen LogP contribution is 2.08. The van der Waals surface area contributed by atoms with Gasteiger partial charge in [-0.15, -0.1) is 0 Å². The highest BCUT2D eigenvalue weighted by atomic mass is 16.5. The molecule has 52 valence electrons. The molecule has 2 nitrogen and oxygen atoms in total. The summed E-state index contributed by atoms with van der Waals surface area (Å²) in [6, 6.07) is 0. The minimum Gasteiger partial charge on any atom is -0.373 e. The van der Waals surface area contributed by atoms with E-state index < -0.39 is 0 Å². The van der Waals surface area contributed by atoms with Crippen LogP contribution >= 0.6 is 0 Å². The number of nitrogens with zero attached hydrogens (tertiary/aromatic N) is 1. The second-order valence-corrected chi connectivity index (χ2v) is 2.71. The zero-order chi connectivity index (χ0) is 6.85. The second-order valence-electron chi connectivity index (χ2n) is 2.71. The van der Waals surface area contributed by atoms with Crippen LogP contribution in [0, 0.1) is 7.05 Å². The van der Waals surface area contributed by atoms with Crippen molar-refractivity contribution in [2.45, 2.75) is 26.1 Å². The minimum absolute atomic E-state index is 0.291. The van der Waals surface area contributed by atoms with E-state index in [4.69, 9.17) is 11.8 Å². The maximum absolute atomic E-state index is 5.57. The maximum atomic E-state index is 5.57. The van der Waals surface area contributed by atoms with Gasteiger partial charge in [0, 0.05) is 20.1 Å². The van der Waals surface area contributed by atoms with Gasteiger partial charge in [-0.2, -0.15) is 0 Å². The van der Waals surface area contributed by atoms with Crippen LogP contribution in [0.15, 0.2) is 0 Å². The van der Waals surface area contributed by atoms with Gasteiger partial charge in [-0.05, 0) is 13.8 Å². The fraction of sp³-hybridized carbons (Fsp3) is 0.857. The van der Waals surface area contributed by atoms with E-state index in [1.807, 2.05) is 13.8 Å². The van der Waals surface area contributed by atoms with Gasteiger partial charge in [0.15, 0.2) is 0 Å². The van der Waals surface area contributed by atoms with Crippen molar-refractivity contribution in [1.29, 1.82) is 0 Å². The van der Waals surface area contributed by atoms with Gasteiger partial charge in [-0.1, -0.05) is 0 Å². The highest BCUT2D eigenvalue weighted by Gasteiger charge is 2.18. The zero-order valence-corrected chi connectivity index (χ0v) is 6.00. The fourth-order valence-electron chi connectivity index (χ4n) is 1.22. The van der Waals surface area contributed by atoms with Gasteiger partial charge in [-0.3, -0.25) is 4.90 Å². The lowest BCUT2D eigenvalue weighted by atomic mass is 10.2. The average Bonchev–Trinajstić information content (AvgIpc) is 1.59. The van der Waals surface area contributed by atoms with Crippen LogP contribution in [0.2, 0.25) is 0 Å². The molecule has 1 aliphatic heterocycles. The number of hydrogen-bond acceptors (Lipinski definition) is 2. The third kappa shape index (κ3) is 1.95. The molecule has 2 atom stereocenters. The van der Waals surface area contributed by atoms with E-state index >= 15 is 0 Å². The molecular weight excluding hydrogens is 114 g/mol. The molecule has 1 heterocycles. The summed E-state index contributed by atoms with van der Waals surface area (Å²) in [4.78, 5) is 1.80. The molecule has 9 heavy (non-hydrogen) atoms. The van der Waals surface area contributed by atoms with Gasteiger partial charge >= 0.3 is 0 Å². The summed E-state index contributed by atoms with van der Waals surface area (Å²) >= 11 is 0. The van der Waals surface area contributed by atoms with E-state index in [0.717, 1.165) is 13.1 Å². The summed E-state index contributed by atoms with van der Waals surface area (Å²) in [5.41, 5.74) is 0. The van der Waals surface area contributed by atoms with Gasteiger partial charge in [0.2, 0.25) is 0 Å². The Morgan fingerprint density at radius 2 is 1.78 bits per heavy atom. The van der Waals surface area contributed by atoms with Crippen molar-refractivity contribution in [2.75, 3.05) is 13.1 Å². The fourth-order valence-corrected chi connectivity index (χ4v) is 1.22. The van der Waals surface area contributed by atoms with Crippen LogP contribution in [-0.2, 0) is 4.74 Å². The molecule has 0 spiro atoms. The lowest BCUT2D eigenvalue weighted by Crippen LogP contribution is -2.41. The first-order valence-corrected chi connectivity index (χ1v) is 3.33. The minimum atomic E-state index is 0.291. The molecule has 0 bridgehead atoms. The quantitative estimate of drug-likeness (QED) is 0.476. The summed E-state index contributed by atoms with van der Waals surface area (Å²) < 4.78 is 5.43. The molecule has 0 aromatic heterocycles. The predicted octanol–water partition coefficient (Wildman–Crippen LogP) is 0.764. The van der Waals surface area contributed by atoms with Crippen molar-refractivity contribution in [2.24, 2.45) is 0 Å². The first kappa shape index (κ1) is 7.03. The SMILES string of the molecule is [CH]N1CC(C)OC(C)C1. The molecule has 2 radical (unpaired) electrons. The van der Waals surface area contributed by atoms with Crippen molar-refractivity contribution in [1.82, 2.24) is 4.90 Å². The third-order valence-corrected chi connectivity index (χ3v) is 1.45. The average molecular weight is 127 g/mol. The Morgan fingerprint density at radius 1 is 1.33 bits per heavy atom. The van der Waals surface area contributed by atoms with E-state index in [1.54, 1.807) is 4.90 Å². The Labute approximate surface area is 56.8 Å². The summed E-state index contributed by atoms with van der Waals surface area (Å²) in [7, 11) is 5.57. The van der Waals surface area contributed by atoms with E-state index in [2.05, 4.69) is 0 Å². The molecule has 1 rings (SSSR count). The number of ether oxygens (including phenoxy) is 1. The summed E-state index contributed by atoms with van der Waals surface area (Å²) in [5, 5.41) is 0. The Kier molecular flexibility index (Phi) is 2.09. The van der Waals surface area contributed by atoms with Crippen molar-refractivity contribution in [3.8, 4) is 0 Å². The summed E-state index contributed by atoms with van der Waals surface area (Å²) in [6.45, 7) is 5.78. The van der Waals surface area contributed by atoms with E-state index in [1.165, 1.54) is 0 Å². The standard InChI is InChI=1S/C7H13NO/c1-6-4-8(3)5-7(2)9-6/h3,6-7H,4-5H2,1-2H3. The van der Waals surface area contributed by atoms with Gasteiger partial charge in [0.1, 0.15) is 0 Å². The van der Waals surface area contributed by atoms with Crippen LogP contribution in [0.3, 0.4) is 0 Å². The van der Waals surface area contributed by atoms with Crippen LogP contribution in [0.25, 0.3) is 0 Å². The van der Waals surface area contributed by atoms with Gasteiger partial charge in [-0.25, -0.2) is 0 Å². The largest absolute Gasteiger partial charge is 0.373 e. The first-order valence-electron chi connectivity index (χ1n) is 3.33. The zero-order valence-electron chi connectivity index (χ0n) is 6.00. The van der Waals surface area contributed by atoms with E-state index in [0.29, 0.717) is 12.2 Å². The number of rotatable bonds is 0. The van der Waals surface area contributed by atoms with Gasteiger partial charge in [0.05, 0.1) is 12.2 Å². The van der Waals surface area contributed by atoms with Crippen molar-refractivity contribution < 1.29 is 4.74 Å². The summed E-state index contributed by atoms with van der Waals surface area (Å²) in [5.74, 6) is 0. The molecule has 0 amide bonds. The molecule has 0 aliphatic carbocycles. The van der Waals surface area contributed by atoms with Crippen molar-refractivity contribution >= 4 is 0 Å². The molecule has 0 aromatic carbocycles. The lowest BCUT2D eigenvalue weighted by Gasteiger charge is -2.31. The number of morpholine rings is 1. The topological polar surface area (TPSA) is 12.5 Å². The smallest absolute Gasteiger partial charge is 0.0678 e. The van der Waals surface area contributed by atoms with Crippen LogP contribution in [-0.4, -0.2) is 30.2 Å². The van der Waals surface area contributed by atoms with E-state index in [9.17, 15) is 0 Å². The summed E-state index contributed by atoms with van der Waals surface area (Å²) in [6.07, 6.45) is 0.581. The first-order chi connectivity index (χ1) is 4.18. The van der Waals surface area contributed by atoms with Crippen LogP contribution < -0.4 is 0 Å². The third-order valence-electron chi connectivity index (χ3n) is 1.45. The molecule has 1 saturated heterocycles. The molecule has 2 unspecified atom stereocenters. The Morgan fingerprint density at radius 3 is 2.11 bits per heavy atom. The second kappa shape index (κ2) is 2.67. The Hall–Kier alpha value is -0.0800. The molecule has 1 fully saturated rings. The molecule has 0 N–H and O–H groups in total. The van der Waals surface area contributed by atoms with E-state index in [-0.39, 0.29) is 0 Å². The molecule has 2 heteroatoms. The maximum Gasteiger partial charge on any atom is 0.0678 e. The van der Waals surface area contributed by atoms with Crippen LogP contribution in [0.5, 0.6) is 0 Å². The predicted molar refractivity (Wildman–Crippen MR) is 35.9 cm³/mol. The number of hydrogen-bond donors (Lipinski definition) is 0. The molecule has 0 saturated carbocycles. The van der Waals surface area contributed by atoms with Crippen molar-refractivity contribution in [3.05, 3.63) is 7.05 Å². The normalized spacial score (nSPS) is 39.0. The Bertz CT molecular complexity index is 69.9. The van der Waals surface area contributed by atoms with Crippen LogP contribution in [0.1, 0.15) is 13.8 Å². The lowest BCUT2D eigenvalue weighted by molar-refractivity contribution is -0.0550. The van der Waals surface area contributed by atoms with Gasteiger partial charge < -0.3 is 4.74 Å². The van der Waals surface area contributed by atoms with Crippen LogP contribution in [0.4, 0.5) is 0 Å².